The fourth-order valence-corrected chi connectivity index (χ4v) is 2.62. The summed E-state index contributed by atoms with van der Waals surface area (Å²) in [4.78, 5) is 12.5. The second-order valence-electron chi connectivity index (χ2n) is 5.77. The van der Waals surface area contributed by atoms with E-state index in [-0.39, 0.29) is 11.3 Å². The number of aryl methyl sites for hydroxylation is 1. The zero-order valence-corrected chi connectivity index (χ0v) is 13.3. The van der Waals surface area contributed by atoms with E-state index >= 15 is 0 Å². The van der Waals surface area contributed by atoms with Gasteiger partial charge in [0.15, 0.2) is 0 Å². The van der Waals surface area contributed by atoms with E-state index < -0.39 is 0 Å². The zero-order chi connectivity index (χ0) is 15.3. The van der Waals surface area contributed by atoms with E-state index in [2.05, 4.69) is 23.6 Å². The highest BCUT2D eigenvalue weighted by atomic mass is 16.5. The summed E-state index contributed by atoms with van der Waals surface area (Å²) in [5.41, 5.74) is 1.84. The molecule has 21 heavy (non-hydrogen) atoms. The normalized spacial score (nSPS) is 15.6. The quantitative estimate of drug-likeness (QED) is 0.721. The van der Waals surface area contributed by atoms with E-state index in [4.69, 9.17) is 4.74 Å². The third-order valence-electron chi connectivity index (χ3n) is 4.16. The molecule has 1 aliphatic rings. The van der Waals surface area contributed by atoms with E-state index in [1.54, 1.807) is 7.11 Å². The van der Waals surface area contributed by atoms with Gasteiger partial charge < -0.3 is 15.4 Å². The SMILES string of the molecule is CCCNCCNC(=O)C1(c2ccc(C)c(OC)c2)CC1. The van der Waals surface area contributed by atoms with Crippen LogP contribution in [0.25, 0.3) is 0 Å². The van der Waals surface area contributed by atoms with Gasteiger partial charge in [0.2, 0.25) is 5.91 Å². The summed E-state index contributed by atoms with van der Waals surface area (Å²) < 4.78 is 5.37. The number of hydrogen-bond acceptors (Lipinski definition) is 3. The van der Waals surface area contributed by atoms with Crippen LogP contribution in [-0.2, 0) is 10.2 Å². The Kier molecular flexibility index (Phi) is 5.23. The molecule has 0 bridgehead atoms. The molecule has 1 saturated carbocycles. The summed E-state index contributed by atoms with van der Waals surface area (Å²) in [6, 6.07) is 6.10. The Morgan fingerprint density at radius 2 is 2.05 bits per heavy atom. The van der Waals surface area contributed by atoms with Crippen molar-refractivity contribution in [2.75, 3.05) is 26.7 Å². The van der Waals surface area contributed by atoms with E-state index in [1.165, 1.54) is 0 Å². The summed E-state index contributed by atoms with van der Waals surface area (Å²) in [5.74, 6) is 1.00. The van der Waals surface area contributed by atoms with E-state index in [9.17, 15) is 4.79 Å². The predicted octanol–water partition coefficient (Wildman–Crippen LogP) is 2.15. The van der Waals surface area contributed by atoms with Gasteiger partial charge in [0, 0.05) is 13.1 Å². The van der Waals surface area contributed by atoms with Gasteiger partial charge in [-0.25, -0.2) is 0 Å². The average molecular weight is 290 g/mol. The Balaban J connectivity index is 1.96. The van der Waals surface area contributed by atoms with Crippen LogP contribution < -0.4 is 15.4 Å². The van der Waals surface area contributed by atoms with Crippen molar-refractivity contribution in [1.29, 1.82) is 0 Å². The number of methoxy groups -OCH3 is 1. The summed E-state index contributed by atoms with van der Waals surface area (Å²) in [5, 5.41) is 6.35. The van der Waals surface area contributed by atoms with Gasteiger partial charge in [0.25, 0.3) is 0 Å². The molecule has 4 heteroatoms. The van der Waals surface area contributed by atoms with Gasteiger partial charge in [-0.1, -0.05) is 19.1 Å². The number of ether oxygens (including phenoxy) is 1. The van der Waals surface area contributed by atoms with E-state index in [0.717, 1.165) is 49.2 Å². The van der Waals surface area contributed by atoms with Crippen molar-refractivity contribution >= 4 is 5.91 Å². The molecule has 0 spiro atoms. The minimum Gasteiger partial charge on any atom is -0.496 e. The Bertz CT molecular complexity index is 496. The van der Waals surface area contributed by atoms with Crippen molar-refractivity contribution in [2.24, 2.45) is 0 Å². The molecule has 0 radical (unpaired) electrons. The lowest BCUT2D eigenvalue weighted by atomic mass is 9.93. The molecule has 1 aromatic carbocycles. The van der Waals surface area contributed by atoms with Crippen LogP contribution in [0.2, 0.25) is 0 Å². The first kappa shape index (κ1) is 15.8. The lowest BCUT2D eigenvalue weighted by molar-refractivity contribution is -0.123. The van der Waals surface area contributed by atoms with Crippen LogP contribution in [0.3, 0.4) is 0 Å². The van der Waals surface area contributed by atoms with Crippen molar-refractivity contribution in [3.05, 3.63) is 29.3 Å². The molecule has 4 nitrogen and oxygen atoms in total. The van der Waals surface area contributed by atoms with Crippen molar-refractivity contribution in [1.82, 2.24) is 10.6 Å². The molecule has 2 rings (SSSR count). The number of carbonyl (C=O) groups excluding carboxylic acids is 1. The van der Waals surface area contributed by atoms with Crippen molar-refractivity contribution in [2.45, 2.75) is 38.5 Å². The first-order valence-corrected chi connectivity index (χ1v) is 7.78. The largest absolute Gasteiger partial charge is 0.496 e. The molecule has 116 valence electrons. The lowest BCUT2D eigenvalue weighted by Crippen LogP contribution is -2.38. The van der Waals surface area contributed by atoms with Crippen molar-refractivity contribution < 1.29 is 9.53 Å². The smallest absolute Gasteiger partial charge is 0.230 e. The second kappa shape index (κ2) is 6.94. The average Bonchev–Trinajstić information content (AvgIpc) is 3.29. The van der Waals surface area contributed by atoms with Gasteiger partial charge in [-0.15, -0.1) is 0 Å². The van der Waals surface area contributed by atoms with Crippen molar-refractivity contribution in [3.8, 4) is 5.75 Å². The molecule has 2 N–H and O–H groups in total. The molecule has 0 heterocycles. The highest BCUT2D eigenvalue weighted by Gasteiger charge is 2.51. The summed E-state index contributed by atoms with van der Waals surface area (Å²) in [6.45, 7) is 6.66. The van der Waals surface area contributed by atoms with Crippen LogP contribution in [0.1, 0.15) is 37.3 Å². The molecule has 1 aromatic rings. The molecule has 0 aromatic heterocycles. The standard InChI is InChI=1S/C17H26N2O2/c1-4-9-18-10-11-19-16(20)17(7-8-17)14-6-5-13(2)15(12-14)21-3/h5-6,12,18H,4,7-11H2,1-3H3,(H,19,20). The predicted molar refractivity (Wildman–Crippen MR) is 84.8 cm³/mol. The number of carbonyl (C=O) groups is 1. The van der Waals surface area contributed by atoms with E-state index in [1.807, 2.05) is 19.1 Å². The minimum atomic E-state index is -0.328. The number of amides is 1. The Morgan fingerprint density at radius 1 is 1.29 bits per heavy atom. The Hall–Kier alpha value is -1.55. The van der Waals surface area contributed by atoms with Gasteiger partial charge in [-0.2, -0.15) is 0 Å². The fraction of sp³-hybridized carbons (Fsp3) is 0.588. The maximum Gasteiger partial charge on any atom is 0.230 e. The van der Waals surface area contributed by atoms with E-state index in [0.29, 0.717) is 6.54 Å². The highest BCUT2D eigenvalue weighted by Crippen LogP contribution is 2.49. The van der Waals surface area contributed by atoms with Crippen LogP contribution in [0.5, 0.6) is 5.75 Å². The van der Waals surface area contributed by atoms with Gasteiger partial charge in [0.05, 0.1) is 12.5 Å². The molecular formula is C17H26N2O2. The third-order valence-corrected chi connectivity index (χ3v) is 4.16. The molecule has 0 atom stereocenters. The van der Waals surface area contributed by atoms with Crippen LogP contribution in [0.4, 0.5) is 0 Å². The molecule has 1 aliphatic carbocycles. The maximum atomic E-state index is 12.5. The Morgan fingerprint density at radius 3 is 2.67 bits per heavy atom. The van der Waals surface area contributed by atoms with Gasteiger partial charge in [0.1, 0.15) is 5.75 Å². The number of benzene rings is 1. The molecule has 0 saturated heterocycles. The molecule has 1 amide bonds. The third kappa shape index (κ3) is 3.56. The number of hydrogen-bond donors (Lipinski definition) is 2. The first-order chi connectivity index (χ1) is 10.1. The van der Waals surface area contributed by atoms with Crippen LogP contribution in [0.15, 0.2) is 18.2 Å². The lowest BCUT2D eigenvalue weighted by Gasteiger charge is -2.17. The molecule has 0 aliphatic heterocycles. The summed E-state index contributed by atoms with van der Waals surface area (Å²) >= 11 is 0. The van der Waals surface area contributed by atoms with Crippen LogP contribution in [0, 0.1) is 6.92 Å². The minimum absolute atomic E-state index is 0.145. The van der Waals surface area contributed by atoms with Gasteiger partial charge >= 0.3 is 0 Å². The highest BCUT2D eigenvalue weighted by molar-refractivity contribution is 5.91. The zero-order valence-electron chi connectivity index (χ0n) is 13.3. The molecule has 1 fully saturated rings. The fourth-order valence-electron chi connectivity index (χ4n) is 2.62. The monoisotopic (exact) mass is 290 g/mol. The van der Waals surface area contributed by atoms with Crippen LogP contribution >= 0.6 is 0 Å². The molecule has 0 unspecified atom stereocenters. The second-order valence-corrected chi connectivity index (χ2v) is 5.77. The molecular weight excluding hydrogens is 264 g/mol. The Labute approximate surface area is 127 Å². The summed E-state index contributed by atoms with van der Waals surface area (Å²) in [7, 11) is 1.67. The van der Waals surface area contributed by atoms with Gasteiger partial charge in [-0.3, -0.25) is 4.79 Å². The van der Waals surface area contributed by atoms with Crippen molar-refractivity contribution in [3.63, 3.8) is 0 Å². The van der Waals surface area contributed by atoms with Crippen LogP contribution in [-0.4, -0.2) is 32.7 Å². The first-order valence-electron chi connectivity index (χ1n) is 7.78. The number of rotatable bonds is 8. The maximum absolute atomic E-state index is 12.5. The topological polar surface area (TPSA) is 50.4 Å². The summed E-state index contributed by atoms with van der Waals surface area (Å²) in [6.07, 6.45) is 2.96. The van der Waals surface area contributed by atoms with Gasteiger partial charge in [-0.05, 0) is 49.9 Å². The number of nitrogens with one attached hydrogen (secondary N) is 2.